The first-order chi connectivity index (χ1) is 6.66. The zero-order valence-corrected chi connectivity index (χ0v) is 8.82. The lowest BCUT2D eigenvalue weighted by Crippen LogP contribution is -2.35. The summed E-state index contributed by atoms with van der Waals surface area (Å²) in [4.78, 5) is 13.4. The van der Waals surface area contributed by atoms with Gasteiger partial charge in [0.25, 0.3) is 5.91 Å². The van der Waals surface area contributed by atoms with E-state index in [1.807, 2.05) is 6.92 Å². The molecule has 1 unspecified atom stereocenters. The summed E-state index contributed by atoms with van der Waals surface area (Å²) in [5.74, 6) is -0.0836. The first-order valence-electron chi connectivity index (χ1n) is 4.79. The van der Waals surface area contributed by atoms with Crippen molar-refractivity contribution in [3.63, 3.8) is 0 Å². The number of carbonyl (C=O) groups is 1. The number of rotatable bonds is 4. The molecule has 0 bridgehead atoms. The lowest BCUT2D eigenvalue weighted by atomic mass is 10.1. The molecule has 0 aliphatic rings. The lowest BCUT2D eigenvalue weighted by molar-refractivity contribution is 0.0731. The highest BCUT2D eigenvalue weighted by Gasteiger charge is 2.18. The van der Waals surface area contributed by atoms with E-state index in [2.05, 4.69) is 22.3 Å². The van der Waals surface area contributed by atoms with Crippen LogP contribution in [0, 0.1) is 0 Å². The second kappa shape index (κ2) is 4.74. The van der Waals surface area contributed by atoms with Gasteiger partial charge in [0.1, 0.15) is 0 Å². The minimum absolute atomic E-state index is 0.0836. The van der Waals surface area contributed by atoms with E-state index in [9.17, 15) is 4.79 Å². The van der Waals surface area contributed by atoms with Crippen LogP contribution in [-0.2, 0) is 0 Å². The van der Waals surface area contributed by atoms with Gasteiger partial charge in [-0.05, 0) is 13.3 Å². The standard InChI is InChI=1S/C9H16N4O/c1-4-5-7(2)13(3)9(14)8-6-10-12-11-8/h6-7H,4-5H2,1-3H3,(H,10,11,12). The van der Waals surface area contributed by atoms with Crippen molar-refractivity contribution >= 4 is 5.91 Å². The number of aromatic amines is 1. The fraction of sp³-hybridized carbons (Fsp3) is 0.667. The van der Waals surface area contributed by atoms with E-state index in [4.69, 9.17) is 0 Å². The Kier molecular flexibility index (Phi) is 3.62. The van der Waals surface area contributed by atoms with Gasteiger partial charge in [-0.3, -0.25) is 4.79 Å². The van der Waals surface area contributed by atoms with Crippen molar-refractivity contribution in [2.24, 2.45) is 0 Å². The fourth-order valence-electron chi connectivity index (χ4n) is 1.30. The van der Waals surface area contributed by atoms with Crippen molar-refractivity contribution < 1.29 is 4.79 Å². The smallest absolute Gasteiger partial charge is 0.276 e. The van der Waals surface area contributed by atoms with E-state index < -0.39 is 0 Å². The van der Waals surface area contributed by atoms with E-state index in [1.54, 1.807) is 11.9 Å². The molecule has 5 nitrogen and oxygen atoms in total. The maximum atomic E-state index is 11.7. The molecular weight excluding hydrogens is 180 g/mol. The summed E-state index contributed by atoms with van der Waals surface area (Å²) in [5.41, 5.74) is 0.371. The van der Waals surface area contributed by atoms with Crippen molar-refractivity contribution in [3.8, 4) is 0 Å². The monoisotopic (exact) mass is 196 g/mol. The third-order valence-electron chi connectivity index (χ3n) is 2.32. The first-order valence-corrected chi connectivity index (χ1v) is 4.79. The number of hydrogen-bond acceptors (Lipinski definition) is 3. The van der Waals surface area contributed by atoms with Gasteiger partial charge in [0.15, 0.2) is 5.69 Å². The zero-order valence-electron chi connectivity index (χ0n) is 8.82. The zero-order chi connectivity index (χ0) is 10.6. The molecule has 0 saturated carbocycles. The number of aromatic nitrogens is 3. The van der Waals surface area contributed by atoms with Crippen LogP contribution in [0.3, 0.4) is 0 Å². The minimum atomic E-state index is -0.0836. The fourth-order valence-corrected chi connectivity index (χ4v) is 1.30. The summed E-state index contributed by atoms with van der Waals surface area (Å²) in [6.45, 7) is 4.13. The van der Waals surface area contributed by atoms with Crippen molar-refractivity contribution in [1.29, 1.82) is 0 Å². The Labute approximate surface area is 83.5 Å². The molecule has 0 fully saturated rings. The number of amides is 1. The molecule has 1 aromatic heterocycles. The van der Waals surface area contributed by atoms with Crippen LogP contribution in [0.4, 0.5) is 0 Å². The molecule has 0 radical (unpaired) electrons. The lowest BCUT2D eigenvalue weighted by Gasteiger charge is -2.23. The van der Waals surface area contributed by atoms with E-state index in [0.29, 0.717) is 5.69 Å². The van der Waals surface area contributed by atoms with Crippen LogP contribution in [0.5, 0.6) is 0 Å². The summed E-state index contributed by atoms with van der Waals surface area (Å²) in [5, 5.41) is 9.79. The molecule has 78 valence electrons. The summed E-state index contributed by atoms with van der Waals surface area (Å²) in [6, 6.07) is 0.240. The molecule has 0 aromatic carbocycles. The predicted molar refractivity (Wildman–Crippen MR) is 52.8 cm³/mol. The molecule has 14 heavy (non-hydrogen) atoms. The highest BCUT2D eigenvalue weighted by molar-refractivity contribution is 5.91. The maximum Gasteiger partial charge on any atom is 0.276 e. The van der Waals surface area contributed by atoms with Gasteiger partial charge in [0.05, 0.1) is 6.20 Å². The van der Waals surface area contributed by atoms with Crippen LogP contribution in [0.15, 0.2) is 6.20 Å². The van der Waals surface area contributed by atoms with Gasteiger partial charge in [-0.25, -0.2) is 0 Å². The molecule has 1 rings (SSSR count). The Morgan fingerprint density at radius 2 is 2.43 bits per heavy atom. The number of nitrogens with one attached hydrogen (secondary N) is 1. The molecule has 1 heterocycles. The largest absolute Gasteiger partial charge is 0.338 e. The van der Waals surface area contributed by atoms with Gasteiger partial charge >= 0.3 is 0 Å². The van der Waals surface area contributed by atoms with Crippen molar-refractivity contribution in [2.45, 2.75) is 32.7 Å². The van der Waals surface area contributed by atoms with Crippen LogP contribution >= 0.6 is 0 Å². The van der Waals surface area contributed by atoms with Gasteiger partial charge in [-0.1, -0.05) is 13.3 Å². The van der Waals surface area contributed by atoms with Crippen molar-refractivity contribution in [2.75, 3.05) is 7.05 Å². The average Bonchev–Trinajstić information content (AvgIpc) is 2.68. The van der Waals surface area contributed by atoms with Crippen LogP contribution in [0.25, 0.3) is 0 Å². The molecule has 1 aromatic rings. The van der Waals surface area contributed by atoms with Gasteiger partial charge < -0.3 is 4.90 Å². The number of carbonyl (C=O) groups excluding carboxylic acids is 1. The highest BCUT2D eigenvalue weighted by atomic mass is 16.2. The Bertz CT molecular complexity index is 283. The van der Waals surface area contributed by atoms with Crippen molar-refractivity contribution in [1.82, 2.24) is 20.3 Å². The van der Waals surface area contributed by atoms with E-state index in [1.165, 1.54) is 6.20 Å². The third-order valence-corrected chi connectivity index (χ3v) is 2.32. The van der Waals surface area contributed by atoms with Crippen LogP contribution in [-0.4, -0.2) is 39.3 Å². The second-order valence-electron chi connectivity index (χ2n) is 3.41. The van der Waals surface area contributed by atoms with Gasteiger partial charge in [-0.15, -0.1) is 0 Å². The quantitative estimate of drug-likeness (QED) is 0.783. The Hall–Kier alpha value is -1.39. The number of hydrogen-bond donors (Lipinski definition) is 1. The van der Waals surface area contributed by atoms with Crippen LogP contribution in [0.1, 0.15) is 37.2 Å². The van der Waals surface area contributed by atoms with E-state index in [-0.39, 0.29) is 11.9 Å². The molecule has 1 atom stereocenters. The Morgan fingerprint density at radius 1 is 1.71 bits per heavy atom. The van der Waals surface area contributed by atoms with Crippen molar-refractivity contribution in [3.05, 3.63) is 11.9 Å². The molecule has 5 heteroatoms. The normalized spacial score (nSPS) is 12.5. The second-order valence-corrected chi connectivity index (χ2v) is 3.41. The molecule has 1 N–H and O–H groups in total. The number of nitrogens with zero attached hydrogens (tertiary/aromatic N) is 3. The first kappa shape index (κ1) is 10.7. The minimum Gasteiger partial charge on any atom is -0.338 e. The molecule has 0 saturated heterocycles. The van der Waals surface area contributed by atoms with E-state index in [0.717, 1.165) is 12.8 Å². The van der Waals surface area contributed by atoms with E-state index >= 15 is 0 Å². The summed E-state index contributed by atoms with van der Waals surface area (Å²) >= 11 is 0. The van der Waals surface area contributed by atoms with Crippen LogP contribution < -0.4 is 0 Å². The Morgan fingerprint density at radius 3 is 2.93 bits per heavy atom. The molecular formula is C9H16N4O. The highest BCUT2D eigenvalue weighted by Crippen LogP contribution is 2.07. The van der Waals surface area contributed by atoms with Gasteiger partial charge in [0, 0.05) is 13.1 Å². The summed E-state index contributed by atoms with van der Waals surface area (Å²) in [6.07, 6.45) is 3.51. The summed E-state index contributed by atoms with van der Waals surface area (Å²) in [7, 11) is 1.79. The molecule has 0 spiro atoms. The topological polar surface area (TPSA) is 61.9 Å². The maximum absolute atomic E-state index is 11.7. The Balaban J connectivity index is 2.61. The molecule has 0 aliphatic heterocycles. The van der Waals surface area contributed by atoms with Gasteiger partial charge in [0.2, 0.25) is 0 Å². The third kappa shape index (κ3) is 2.31. The van der Waals surface area contributed by atoms with Gasteiger partial charge in [-0.2, -0.15) is 15.4 Å². The average molecular weight is 196 g/mol. The predicted octanol–water partition coefficient (Wildman–Crippen LogP) is 1.07. The summed E-state index contributed by atoms with van der Waals surface area (Å²) < 4.78 is 0. The SMILES string of the molecule is CCCC(C)N(C)C(=O)c1cn[nH]n1. The molecule has 0 aliphatic carbocycles. The molecule has 1 amide bonds. The van der Waals surface area contributed by atoms with Crippen LogP contribution in [0.2, 0.25) is 0 Å². The number of H-pyrrole nitrogens is 1.